The molecule has 4 N–H and O–H groups in total. The maximum absolute atomic E-state index is 12.6. The fourth-order valence-corrected chi connectivity index (χ4v) is 7.02. The molecule has 0 aromatic rings. The summed E-state index contributed by atoms with van der Waals surface area (Å²) in [6.07, 6.45) is 38.6. The van der Waals surface area contributed by atoms with Gasteiger partial charge in [-0.15, -0.1) is 0 Å². The molecule has 0 saturated carbocycles. The van der Waals surface area contributed by atoms with Gasteiger partial charge in [-0.3, -0.25) is 23.4 Å². The van der Waals surface area contributed by atoms with Gasteiger partial charge in [0.1, 0.15) is 12.6 Å². The summed E-state index contributed by atoms with van der Waals surface area (Å²) in [6.45, 7) is 2.80. The summed E-state index contributed by atoms with van der Waals surface area (Å²) in [7, 11) is -4.71. The second-order valence-corrected chi connectivity index (χ2v) is 16.6. The Morgan fingerprint density at radius 2 is 0.909 bits per heavy atom. The highest BCUT2D eigenvalue weighted by molar-refractivity contribution is 7.47. The van der Waals surface area contributed by atoms with E-state index in [0.29, 0.717) is 12.8 Å². The van der Waals surface area contributed by atoms with Gasteiger partial charge in [-0.25, -0.2) is 4.57 Å². The number of carboxylic acid groups (broad SMARTS) is 1. The van der Waals surface area contributed by atoms with Crippen molar-refractivity contribution in [1.82, 2.24) is 0 Å². The van der Waals surface area contributed by atoms with Crippen LogP contribution in [0.2, 0.25) is 0 Å². The quantitative estimate of drug-likeness (QED) is 0.0232. The van der Waals surface area contributed by atoms with E-state index in [2.05, 4.69) is 30.5 Å². The summed E-state index contributed by atoms with van der Waals surface area (Å²) in [6, 6.07) is -1.52. The number of hydrogen-bond acceptors (Lipinski definition) is 9. The van der Waals surface area contributed by atoms with E-state index < -0.39 is 51.1 Å². The summed E-state index contributed by atoms with van der Waals surface area (Å²) in [4.78, 5) is 45.9. The molecule has 0 aliphatic heterocycles. The molecule has 0 aliphatic carbocycles. The highest BCUT2D eigenvalue weighted by Crippen LogP contribution is 2.43. The van der Waals surface area contributed by atoms with E-state index >= 15 is 0 Å². The molecule has 55 heavy (non-hydrogen) atoms. The molecule has 0 aromatic heterocycles. The molecule has 0 heterocycles. The molecule has 0 amide bonds. The van der Waals surface area contributed by atoms with Gasteiger partial charge in [-0.2, -0.15) is 0 Å². The van der Waals surface area contributed by atoms with Crippen molar-refractivity contribution in [2.75, 3.05) is 19.8 Å². The van der Waals surface area contributed by atoms with Crippen LogP contribution in [0.4, 0.5) is 0 Å². The van der Waals surface area contributed by atoms with E-state index in [0.717, 1.165) is 38.5 Å². The number of aliphatic carboxylic acids is 1. The van der Waals surface area contributed by atoms with Crippen molar-refractivity contribution in [3.05, 3.63) is 12.2 Å². The molecule has 0 fully saturated rings. The zero-order valence-corrected chi connectivity index (χ0v) is 35.9. The molecular weight excluding hydrogens is 721 g/mol. The molecule has 11 nitrogen and oxygen atoms in total. The lowest BCUT2D eigenvalue weighted by atomic mass is 10.1. The Kier molecular flexibility index (Phi) is 37.8. The minimum atomic E-state index is -4.71. The van der Waals surface area contributed by atoms with Crippen molar-refractivity contribution in [3.8, 4) is 0 Å². The van der Waals surface area contributed by atoms with Crippen LogP contribution >= 0.6 is 7.82 Å². The number of carbonyl (C=O) groups is 3. The lowest BCUT2D eigenvalue weighted by Crippen LogP contribution is -2.34. The summed E-state index contributed by atoms with van der Waals surface area (Å²) in [5.41, 5.74) is 5.33. The number of carbonyl (C=O) groups excluding carboxylic acids is 2. The van der Waals surface area contributed by atoms with Crippen molar-refractivity contribution < 1.29 is 47.5 Å². The van der Waals surface area contributed by atoms with Gasteiger partial charge in [0, 0.05) is 12.8 Å². The van der Waals surface area contributed by atoms with Crippen LogP contribution in [0.1, 0.15) is 213 Å². The van der Waals surface area contributed by atoms with Gasteiger partial charge in [0.25, 0.3) is 0 Å². The number of rotatable bonds is 42. The van der Waals surface area contributed by atoms with Crippen LogP contribution in [0, 0.1) is 0 Å². The molecule has 0 aliphatic rings. The zero-order valence-electron chi connectivity index (χ0n) is 35.0. The van der Waals surface area contributed by atoms with Crippen LogP contribution in [-0.4, -0.2) is 59.9 Å². The molecule has 3 unspecified atom stereocenters. The SMILES string of the molecule is CCCCCCCCCC/C=C\CCCCCCCCCCCC(=O)OC(COC(=O)CCCCCCCCCCCC)COP(=O)(O)OCC(N)C(=O)O. The lowest BCUT2D eigenvalue weighted by molar-refractivity contribution is -0.161. The highest BCUT2D eigenvalue weighted by atomic mass is 31.2. The van der Waals surface area contributed by atoms with Crippen molar-refractivity contribution in [3.63, 3.8) is 0 Å². The number of hydrogen-bond donors (Lipinski definition) is 3. The predicted molar refractivity (Wildman–Crippen MR) is 222 cm³/mol. The first-order chi connectivity index (χ1) is 26.6. The molecule has 0 saturated heterocycles. The lowest BCUT2D eigenvalue weighted by Gasteiger charge is -2.20. The number of phosphoric ester groups is 1. The second-order valence-electron chi connectivity index (χ2n) is 15.2. The highest BCUT2D eigenvalue weighted by Gasteiger charge is 2.28. The Bertz CT molecular complexity index is 995. The molecular formula is C43H82NO10P. The Morgan fingerprint density at radius 1 is 0.545 bits per heavy atom. The first-order valence-electron chi connectivity index (χ1n) is 22.2. The summed E-state index contributed by atoms with van der Waals surface area (Å²) >= 11 is 0. The monoisotopic (exact) mass is 804 g/mol. The van der Waals surface area contributed by atoms with E-state index in [9.17, 15) is 23.8 Å². The van der Waals surface area contributed by atoms with Gasteiger partial charge in [-0.1, -0.05) is 174 Å². The minimum Gasteiger partial charge on any atom is -0.480 e. The Balaban J connectivity index is 4.25. The Labute approximate surface area is 335 Å². The van der Waals surface area contributed by atoms with Crippen LogP contribution in [0.5, 0.6) is 0 Å². The topological polar surface area (TPSA) is 172 Å². The first kappa shape index (κ1) is 53.2. The van der Waals surface area contributed by atoms with Crippen LogP contribution < -0.4 is 5.73 Å². The van der Waals surface area contributed by atoms with E-state index in [1.807, 2.05) is 0 Å². The number of allylic oxidation sites excluding steroid dienone is 2. The molecule has 0 spiro atoms. The van der Waals surface area contributed by atoms with Crippen molar-refractivity contribution in [2.45, 2.75) is 225 Å². The third-order valence-electron chi connectivity index (χ3n) is 9.76. The second kappa shape index (κ2) is 39.1. The predicted octanol–water partition coefficient (Wildman–Crippen LogP) is 11.7. The minimum absolute atomic E-state index is 0.163. The van der Waals surface area contributed by atoms with Crippen LogP contribution in [0.3, 0.4) is 0 Å². The van der Waals surface area contributed by atoms with E-state index in [4.69, 9.17) is 24.8 Å². The third kappa shape index (κ3) is 38.9. The van der Waals surface area contributed by atoms with Crippen molar-refractivity contribution in [1.29, 1.82) is 0 Å². The molecule has 0 bridgehead atoms. The number of esters is 2. The standard InChI is InChI=1S/C43H82NO10P/c1-3-5-7-9-11-13-15-16-17-18-19-20-21-22-23-24-25-27-29-31-33-35-42(46)54-39(37-52-55(49,50)53-38-40(44)43(47)48)36-51-41(45)34-32-30-28-26-14-12-10-8-6-4-2/h18-19,39-40H,3-17,20-38,44H2,1-2H3,(H,47,48)(H,49,50)/b19-18-. The summed E-state index contributed by atoms with van der Waals surface area (Å²) in [5, 5.41) is 8.88. The van der Waals surface area contributed by atoms with Crippen LogP contribution in [0.25, 0.3) is 0 Å². The Hall–Kier alpha value is -1.78. The van der Waals surface area contributed by atoms with E-state index in [-0.39, 0.29) is 19.4 Å². The van der Waals surface area contributed by atoms with Crippen LogP contribution in [-0.2, 0) is 37.5 Å². The number of ether oxygens (including phenoxy) is 2. The van der Waals surface area contributed by atoms with Gasteiger partial charge >= 0.3 is 25.7 Å². The third-order valence-corrected chi connectivity index (χ3v) is 10.7. The molecule has 324 valence electrons. The number of carboxylic acids is 1. The van der Waals surface area contributed by atoms with Crippen LogP contribution in [0.15, 0.2) is 12.2 Å². The number of nitrogens with two attached hydrogens (primary N) is 1. The fraction of sp³-hybridized carbons (Fsp3) is 0.884. The zero-order chi connectivity index (χ0) is 40.7. The number of unbranched alkanes of at least 4 members (excludes halogenated alkanes) is 26. The maximum Gasteiger partial charge on any atom is 0.472 e. The van der Waals surface area contributed by atoms with Crippen molar-refractivity contribution in [2.24, 2.45) is 5.73 Å². The van der Waals surface area contributed by atoms with E-state index in [1.54, 1.807) is 0 Å². The average molecular weight is 804 g/mol. The first-order valence-corrected chi connectivity index (χ1v) is 23.7. The molecule has 0 rings (SSSR count). The molecule has 0 aromatic carbocycles. The van der Waals surface area contributed by atoms with Crippen molar-refractivity contribution >= 4 is 25.7 Å². The summed E-state index contributed by atoms with van der Waals surface area (Å²) < 4.78 is 32.7. The van der Waals surface area contributed by atoms with Gasteiger partial charge in [0.15, 0.2) is 6.10 Å². The molecule has 0 radical (unpaired) electrons. The van der Waals surface area contributed by atoms with Gasteiger partial charge in [0.05, 0.1) is 13.2 Å². The van der Waals surface area contributed by atoms with Gasteiger partial charge in [0.2, 0.25) is 0 Å². The smallest absolute Gasteiger partial charge is 0.472 e. The normalized spacial score (nSPS) is 13.8. The maximum atomic E-state index is 12.6. The largest absolute Gasteiger partial charge is 0.480 e. The average Bonchev–Trinajstić information content (AvgIpc) is 3.16. The fourth-order valence-electron chi connectivity index (χ4n) is 6.24. The molecule has 12 heteroatoms. The van der Waals surface area contributed by atoms with Gasteiger partial charge < -0.3 is 25.2 Å². The van der Waals surface area contributed by atoms with Gasteiger partial charge in [-0.05, 0) is 38.5 Å². The van der Waals surface area contributed by atoms with E-state index in [1.165, 1.54) is 135 Å². The number of phosphoric acid groups is 1. The Morgan fingerprint density at radius 3 is 1.33 bits per heavy atom. The summed E-state index contributed by atoms with van der Waals surface area (Å²) in [5.74, 6) is -2.37. The molecule has 3 atom stereocenters.